The topological polar surface area (TPSA) is 61.1 Å². The fourth-order valence-electron chi connectivity index (χ4n) is 6.27. The summed E-state index contributed by atoms with van der Waals surface area (Å²) in [6.45, 7) is 7.24. The molecule has 6 aromatic carbocycles. The molecule has 3 aromatic heterocycles. The Morgan fingerprint density at radius 2 is 1.11 bits per heavy atom. The van der Waals surface area contributed by atoms with Crippen LogP contribution in [0.1, 0.15) is 0 Å². The Hall–Kier alpha value is -6.58. The van der Waals surface area contributed by atoms with Gasteiger partial charge in [-0.1, -0.05) is 103 Å². The number of fused-ring (bicyclic) bond motifs is 6. The van der Waals surface area contributed by atoms with Crippen molar-refractivity contribution in [3.63, 3.8) is 0 Å². The summed E-state index contributed by atoms with van der Waals surface area (Å²) >= 11 is 0. The van der Waals surface area contributed by atoms with Crippen molar-refractivity contribution >= 4 is 49.4 Å². The van der Waals surface area contributed by atoms with Crippen LogP contribution in [0.15, 0.2) is 144 Å². The average molecular weight is 590 g/mol. The Morgan fingerprint density at radius 1 is 0.478 bits per heavy atom. The van der Waals surface area contributed by atoms with Crippen LogP contribution < -0.4 is 0 Å². The highest BCUT2D eigenvalue weighted by atomic mass is 16.3. The van der Waals surface area contributed by atoms with Crippen LogP contribution in [-0.4, -0.2) is 19.5 Å². The summed E-state index contributed by atoms with van der Waals surface area (Å²) in [4.78, 5) is 18.6. The van der Waals surface area contributed by atoms with E-state index in [0.29, 0.717) is 23.3 Å². The first-order valence-corrected chi connectivity index (χ1v) is 15.0. The lowest BCUT2D eigenvalue weighted by atomic mass is 10.0. The lowest BCUT2D eigenvalue weighted by molar-refractivity contribution is 0.669. The molecule has 214 valence electrons. The van der Waals surface area contributed by atoms with Gasteiger partial charge in [0.2, 0.25) is 5.95 Å². The third-order valence-electron chi connectivity index (χ3n) is 8.49. The zero-order valence-corrected chi connectivity index (χ0v) is 24.4. The van der Waals surface area contributed by atoms with Crippen LogP contribution in [0.2, 0.25) is 0 Å². The number of hydrogen-bond acceptors (Lipinski definition) is 4. The monoisotopic (exact) mass is 589 g/mol. The summed E-state index contributed by atoms with van der Waals surface area (Å²) in [6.07, 6.45) is 0. The van der Waals surface area contributed by atoms with E-state index in [-0.39, 0.29) is 0 Å². The van der Waals surface area contributed by atoms with Gasteiger partial charge in [-0.2, -0.15) is 9.97 Å². The van der Waals surface area contributed by atoms with E-state index in [4.69, 9.17) is 25.9 Å². The molecule has 0 bridgehead atoms. The molecule has 0 aliphatic heterocycles. The molecule has 0 fully saturated rings. The van der Waals surface area contributed by atoms with Crippen LogP contribution in [-0.2, 0) is 0 Å². The Bertz CT molecular complexity index is 2590. The number of furan rings is 1. The molecule has 0 atom stereocenters. The van der Waals surface area contributed by atoms with Gasteiger partial charge in [-0.05, 0) is 47.5 Å². The van der Waals surface area contributed by atoms with Gasteiger partial charge in [0.15, 0.2) is 17.3 Å². The van der Waals surface area contributed by atoms with E-state index >= 15 is 0 Å². The Balaban J connectivity index is 1.22. The first-order chi connectivity index (χ1) is 22.7. The molecule has 46 heavy (non-hydrogen) atoms. The Labute approximate surface area is 263 Å². The largest absolute Gasteiger partial charge is 0.456 e. The highest BCUT2D eigenvalue weighted by Crippen LogP contribution is 2.36. The molecule has 0 radical (unpaired) electrons. The maximum atomic E-state index is 7.24. The van der Waals surface area contributed by atoms with Gasteiger partial charge in [0.1, 0.15) is 11.2 Å². The van der Waals surface area contributed by atoms with Crippen LogP contribution in [0.25, 0.3) is 88.4 Å². The van der Waals surface area contributed by atoms with Crippen molar-refractivity contribution in [3.05, 3.63) is 151 Å². The molecule has 3 heterocycles. The van der Waals surface area contributed by atoms with Crippen molar-refractivity contribution in [3.8, 4) is 39.9 Å². The van der Waals surface area contributed by atoms with E-state index in [0.717, 1.165) is 66.0 Å². The fourth-order valence-corrected chi connectivity index (χ4v) is 6.27. The first kappa shape index (κ1) is 25.9. The van der Waals surface area contributed by atoms with Crippen LogP contribution in [0.4, 0.5) is 5.69 Å². The molecule has 0 saturated heterocycles. The summed E-state index contributed by atoms with van der Waals surface area (Å²) in [5.41, 5.74) is 8.12. The molecular formula is C40H23N5O. The second kappa shape index (κ2) is 10.3. The number of para-hydroxylation sites is 2. The molecule has 0 aliphatic carbocycles. The van der Waals surface area contributed by atoms with Crippen molar-refractivity contribution in [1.82, 2.24) is 19.5 Å². The minimum atomic E-state index is 0.555. The minimum absolute atomic E-state index is 0.555. The number of rotatable bonds is 4. The zero-order chi connectivity index (χ0) is 30.6. The van der Waals surface area contributed by atoms with E-state index in [1.807, 2.05) is 84.9 Å². The quantitative estimate of drug-likeness (QED) is 0.192. The molecule has 9 aromatic rings. The van der Waals surface area contributed by atoms with Crippen molar-refractivity contribution in [2.75, 3.05) is 0 Å². The molecule has 0 amide bonds. The normalized spacial score (nSPS) is 11.5. The average Bonchev–Trinajstić information content (AvgIpc) is 3.67. The van der Waals surface area contributed by atoms with Crippen LogP contribution in [0.3, 0.4) is 0 Å². The highest BCUT2D eigenvalue weighted by Gasteiger charge is 2.18. The van der Waals surface area contributed by atoms with Gasteiger partial charge in [0.25, 0.3) is 0 Å². The van der Waals surface area contributed by atoms with E-state index in [9.17, 15) is 0 Å². The standard InChI is InChI=1S/C40H23N5O/c1-41-29-19-15-25(16-20-29)27-18-22-36-33(23-27)32-21-17-28(24-37(32)46-36)39-42-38(26-9-3-2-4-10-26)43-40(44-39)45-34-13-7-5-11-30(34)31-12-6-8-14-35(31)45/h2-24H. The highest BCUT2D eigenvalue weighted by molar-refractivity contribution is 6.09. The fraction of sp³-hybridized carbons (Fsp3) is 0. The molecule has 9 rings (SSSR count). The van der Waals surface area contributed by atoms with E-state index < -0.39 is 0 Å². The van der Waals surface area contributed by atoms with Gasteiger partial charge < -0.3 is 4.42 Å². The van der Waals surface area contributed by atoms with Crippen molar-refractivity contribution in [2.24, 2.45) is 0 Å². The predicted octanol–water partition coefficient (Wildman–Crippen LogP) is 10.4. The minimum Gasteiger partial charge on any atom is -0.456 e. The third-order valence-corrected chi connectivity index (χ3v) is 8.49. The Kier molecular flexibility index (Phi) is 5.77. The van der Waals surface area contributed by atoms with Gasteiger partial charge >= 0.3 is 0 Å². The van der Waals surface area contributed by atoms with Crippen LogP contribution >= 0.6 is 0 Å². The number of nitrogens with zero attached hydrogens (tertiary/aromatic N) is 5. The molecule has 0 aliphatic rings. The maximum Gasteiger partial charge on any atom is 0.238 e. The SMILES string of the molecule is [C-]#[N+]c1ccc(-c2ccc3oc4cc(-c5nc(-c6ccccc6)nc(-n6c7ccccc7c7ccccc76)n5)ccc4c3c2)cc1. The van der Waals surface area contributed by atoms with Gasteiger partial charge in [-0.3, -0.25) is 4.57 Å². The third kappa shape index (κ3) is 4.15. The number of hydrogen-bond donors (Lipinski definition) is 0. The van der Waals surface area contributed by atoms with Crippen LogP contribution in [0, 0.1) is 6.57 Å². The summed E-state index contributed by atoms with van der Waals surface area (Å²) in [5.74, 6) is 1.72. The second-order valence-corrected chi connectivity index (χ2v) is 11.2. The molecule has 6 nitrogen and oxygen atoms in total. The van der Waals surface area contributed by atoms with E-state index in [2.05, 4.69) is 64.0 Å². The van der Waals surface area contributed by atoms with E-state index in [1.54, 1.807) is 0 Å². The smallest absolute Gasteiger partial charge is 0.238 e. The number of aromatic nitrogens is 4. The predicted molar refractivity (Wildman–Crippen MR) is 184 cm³/mol. The molecular weight excluding hydrogens is 566 g/mol. The molecule has 0 saturated carbocycles. The molecule has 0 spiro atoms. The van der Waals surface area contributed by atoms with Gasteiger partial charge in [-0.25, -0.2) is 9.83 Å². The molecule has 0 N–H and O–H groups in total. The summed E-state index contributed by atoms with van der Waals surface area (Å²) in [6, 6.07) is 46.7. The maximum absolute atomic E-state index is 7.24. The molecule has 0 unspecified atom stereocenters. The summed E-state index contributed by atoms with van der Waals surface area (Å²) < 4.78 is 8.48. The molecule has 6 heteroatoms. The van der Waals surface area contributed by atoms with Crippen molar-refractivity contribution < 1.29 is 4.42 Å². The lowest BCUT2D eigenvalue weighted by Gasteiger charge is -2.10. The second-order valence-electron chi connectivity index (χ2n) is 11.2. The van der Waals surface area contributed by atoms with E-state index in [1.165, 1.54) is 0 Å². The zero-order valence-electron chi connectivity index (χ0n) is 24.4. The van der Waals surface area contributed by atoms with Gasteiger partial charge in [0, 0.05) is 32.7 Å². The summed E-state index contributed by atoms with van der Waals surface area (Å²) in [5, 5.41) is 4.33. The van der Waals surface area contributed by atoms with Gasteiger partial charge in [0.05, 0.1) is 17.6 Å². The van der Waals surface area contributed by atoms with Crippen LogP contribution in [0.5, 0.6) is 0 Å². The Morgan fingerprint density at radius 3 is 1.83 bits per heavy atom. The summed E-state index contributed by atoms with van der Waals surface area (Å²) in [7, 11) is 0. The lowest BCUT2D eigenvalue weighted by Crippen LogP contribution is -2.06. The van der Waals surface area contributed by atoms with Crippen molar-refractivity contribution in [2.45, 2.75) is 0 Å². The van der Waals surface area contributed by atoms with Gasteiger partial charge in [-0.15, -0.1) is 0 Å². The van der Waals surface area contributed by atoms with Crippen molar-refractivity contribution in [1.29, 1.82) is 0 Å². The number of benzene rings is 6. The first-order valence-electron chi connectivity index (χ1n) is 15.0.